The predicted octanol–water partition coefficient (Wildman–Crippen LogP) is 0.359. The van der Waals surface area contributed by atoms with Crippen molar-refractivity contribution in [2.75, 3.05) is 13.1 Å². The molecule has 68 valence electrons. The van der Waals surface area contributed by atoms with Crippen LogP contribution in [0, 0.1) is 0 Å². The zero-order valence-corrected chi connectivity index (χ0v) is 7.76. The Morgan fingerprint density at radius 2 is 2.25 bits per heavy atom. The van der Waals surface area contributed by atoms with Gasteiger partial charge in [0.2, 0.25) is 5.91 Å². The normalized spacial score (nSPS) is 35.8. The monoisotopic (exact) mass is 168 g/mol. The van der Waals surface area contributed by atoms with Crippen LogP contribution in [-0.4, -0.2) is 35.5 Å². The summed E-state index contributed by atoms with van der Waals surface area (Å²) in [7, 11) is 0. The first-order chi connectivity index (χ1) is 5.61. The summed E-state index contributed by atoms with van der Waals surface area (Å²) < 4.78 is 0. The molecule has 2 fully saturated rings. The summed E-state index contributed by atoms with van der Waals surface area (Å²) in [5.41, 5.74) is 0.168. The van der Waals surface area contributed by atoms with E-state index < -0.39 is 0 Å². The van der Waals surface area contributed by atoms with Gasteiger partial charge < -0.3 is 5.32 Å². The molecule has 0 aromatic heterocycles. The van der Waals surface area contributed by atoms with E-state index in [9.17, 15) is 4.79 Å². The van der Waals surface area contributed by atoms with Gasteiger partial charge in [-0.1, -0.05) is 0 Å². The van der Waals surface area contributed by atoms with Crippen molar-refractivity contribution >= 4 is 5.91 Å². The Kier molecular flexibility index (Phi) is 1.65. The SMILES string of the molecule is CC(C)N1CCC2(CC(=O)N2)C1. The van der Waals surface area contributed by atoms with Gasteiger partial charge in [0.1, 0.15) is 0 Å². The highest BCUT2D eigenvalue weighted by molar-refractivity contribution is 5.85. The number of carbonyl (C=O) groups is 1. The van der Waals surface area contributed by atoms with Crippen LogP contribution < -0.4 is 5.32 Å². The number of carbonyl (C=O) groups excluding carboxylic acids is 1. The van der Waals surface area contributed by atoms with E-state index in [0.29, 0.717) is 6.04 Å². The molecule has 2 aliphatic rings. The van der Waals surface area contributed by atoms with Crippen LogP contribution in [0.5, 0.6) is 0 Å². The van der Waals surface area contributed by atoms with Gasteiger partial charge in [-0.2, -0.15) is 0 Å². The maximum atomic E-state index is 10.8. The fourth-order valence-electron chi connectivity index (χ4n) is 2.18. The molecule has 0 radical (unpaired) electrons. The molecule has 0 aromatic rings. The Morgan fingerprint density at radius 1 is 1.58 bits per heavy atom. The van der Waals surface area contributed by atoms with Gasteiger partial charge >= 0.3 is 0 Å². The van der Waals surface area contributed by atoms with Gasteiger partial charge in [0.05, 0.1) is 12.0 Å². The summed E-state index contributed by atoms with van der Waals surface area (Å²) in [6.45, 7) is 6.60. The Morgan fingerprint density at radius 3 is 2.67 bits per heavy atom. The van der Waals surface area contributed by atoms with Gasteiger partial charge in [-0.15, -0.1) is 0 Å². The van der Waals surface area contributed by atoms with Crippen molar-refractivity contribution in [2.24, 2.45) is 0 Å². The molecule has 12 heavy (non-hydrogen) atoms. The minimum Gasteiger partial charge on any atom is -0.349 e. The number of hydrogen-bond acceptors (Lipinski definition) is 2. The third-order valence-electron chi connectivity index (χ3n) is 3.02. The molecule has 1 atom stereocenters. The van der Waals surface area contributed by atoms with Gasteiger partial charge in [0.25, 0.3) is 0 Å². The molecule has 3 nitrogen and oxygen atoms in total. The van der Waals surface area contributed by atoms with Crippen LogP contribution >= 0.6 is 0 Å². The third kappa shape index (κ3) is 1.12. The summed E-state index contributed by atoms with van der Waals surface area (Å²) in [4.78, 5) is 13.2. The average molecular weight is 168 g/mol. The highest BCUT2D eigenvalue weighted by Gasteiger charge is 2.47. The minimum absolute atomic E-state index is 0.168. The summed E-state index contributed by atoms with van der Waals surface area (Å²) in [6, 6.07) is 0.613. The topological polar surface area (TPSA) is 32.3 Å². The van der Waals surface area contributed by atoms with E-state index in [1.807, 2.05) is 0 Å². The fraction of sp³-hybridized carbons (Fsp3) is 0.889. The molecule has 3 heteroatoms. The number of nitrogens with one attached hydrogen (secondary N) is 1. The van der Waals surface area contributed by atoms with Crippen LogP contribution in [0.3, 0.4) is 0 Å². The maximum absolute atomic E-state index is 10.8. The second-order valence-electron chi connectivity index (χ2n) is 4.32. The largest absolute Gasteiger partial charge is 0.349 e. The van der Waals surface area contributed by atoms with Crippen LogP contribution in [0.2, 0.25) is 0 Å². The lowest BCUT2D eigenvalue weighted by atomic mass is 9.86. The molecule has 0 saturated carbocycles. The number of amides is 1. The summed E-state index contributed by atoms with van der Waals surface area (Å²) in [5, 5.41) is 3.02. The maximum Gasteiger partial charge on any atom is 0.222 e. The smallest absolute Gasteiger partial charge is 0.222 e. The van der Waals surface area contributed by atoms with E-state index in [1.54, 1.807) is 0 Å². The lowest BCUT2D eigenvalue weighted by Crippen LogP contribution is -2.62. The molecule has 2 saturated heterocycles. The van der Waals surface area contributed by atoms with E-state index >= 15 is 0 Å². The standard InChI is InChI=1S/C9H16N2O/c1-7(2)11-4-3-9(6-11)5-8(12)10-9/h7H,3-6H2,1-2H3,(H,10,12). The molecule has 1 N–H and O–H groups in total. The Balaban J connectivity index is 1.94. The summed E-state index contributed by atoms with van der Waals surface area (Å²) >= 11 is 0. The Hall–Kier alpha value is -0.570. The quantitative estimate of drug-likeness (QED) is 0.573. The van der Waals surface area contributed by atoms with Gasteiger partial charge in [0.15, 0.2) is 0 Å². The molecule has 1 unspecified atom stereocenters. The average Bonchev–Trinajstić information content (AvgIpc) is 2.31. The third-order valence-corrected chi connectivity index (χ3v) is 3.02. The molecule has 0 aromatic carbocycles. The second-order valence-corrected chi connectivity index (χ2v) is 4.32. The highest BCUT2D eigenvalue weighted by Crippen LogP contribution is 2.31. The number of β-lactam (4-membered cyclic amide) rings is 1. The molecule has 0 bridgehead atoms. The van der Waals surface area contributed by atoms with Crippen LogP contribution in [0.4, 0.5) is 0 Å². The summed E-state index contributed by atoms with van der Waals surface area (Å²) in [5.74, 6) is 0.223. The molecule has 2 aliphatic heterocycles. The fourth-order valence-corrected chi connectivity index (χ4v) is 2.18. The van der Waals surface area contributed by atoms with Crippen molar-refractivity contribution in [1.29, 1.82) is 0 Å². The molecule has 0 aliphatic carbocycles. The van der Waals surface area contributed by atoms with E-state index in [1.165, 1.54) is 0 Å². The highest BCUT2D eigenvalue weighted by atomic mass is 16.2. The van der Waals surface area contributed by atoms with Gasteiger partial charge in [-0.3, -0.25) is 9.69 Å². The lowest BCUT2D eigenvalue weighted by molar-refractivity contribution is -0.132. The Labute approximate surface area is 73.1 Å². The second kappa shape index (κ2) is 2.46. The van der Waals surface area contributed by atoms with Gasteiger partial charge in [-0.05, 0) is 20.3 Å². The molecular weight excluding hydrogens is 152 g/mol. The van der Waals surface area contributed by atoms with Crippen molar-refractivity contribution in [3.8, 4) is 0 Å². The van der Waals surface area contributed by atoms with Crippen molar-refractivity contribution in [3.05, 3.63) is 0 Å². The van der Waals surface area contributed by atoms with Gasteiger partial charge in [-0.25, -0.2) is 0 Å². The molecule has 2 heterocycles. The van der Waals surface area contributed by atoms with Crippen molar-refractivity contribution in [1.82, 2.24) is 10.2 Å². The number of nitrogens with zero attached hydrogens (tertiary/aromatic N) is 1. The zero-order valence-electron chi connectivity index (χ0n) is 7.76. The minimum atomic E-state index is 0.168. The first-order valence-electron chi connectivity index (χ1n) is 4.66. The number of rotatable bonds is 1. The summed E-state index contributed by atoms with van der Waals surface area (Å²) in [6.07, 6.45) is 1.88. The Bertz CT molecular complexity index is 205. The first kappa shape index (κ1) is 8.05. The molecule has 2 rings (SSSR count). The van der Waals surface area contributed by atoms with E-state index in [-0.39, 0.29) is 11.4 Å². The van der Waals surface area contributed by atoms with Crippen molar-refractivity contribution in [2.45, 2.75) is 38.3 Å². The molecule has 1 amide bonds. The van der Waals surface area contributed by atoms with E-state index in [0.717, 1.165) is 25.9 Å². The lowest BCUT2D eigenvalue weighted by Gasteiger charge is -2.39. The number of hydrogen-bond donors (Lipinski definition) is 1. The van der Waals surface area contributed by atoms with E-state index in [4.69, 9.17) is 0 Å². The van der Waals surface area contributed by atoms with Crippen LogP contribution in [0.1, 0.15) is 26.7 Å². The molecule has 1 spiro atoms. The van der Waals surface area contributed by atoms with Crippen LogP contribution in [-0.2, 0) is 4.79 Å². The van der Waals surface area contributed by atoms with Crippen LogP contribution in [0.25, 0.3) is 0 Å². The van der Waals surface area contributed by atoms with Crippen LogP contribution in [0.15, 0.2) is 0 Å². The van der Waals surface area contributed by atoms with Gasteiger partial charge in [0, 0.05) is 19.1 Å². The molecular formula is C9H16N2O. The van der Waals surface area contributed by atoms with Crippen molar-refractivity contribution in [3.63, 3.8) is 0 Å². The van der Waals surface area contributed by atoms with Crippen molar-refractivity contribution < 1.29 is 4.79 Å². The first-order valence-corrected chi connectivity index (χ1v) is 4.66. The predicted molar refractivity (Wildman–Crippen MR) is 46.8 cm³/mol. The zero-order chi connectivity index (χ0) is 8.77. The van der Waals surface area contributed by atoms with E-state index in [2.05, 4.69) is 24.1 Å². The number of likely N-dealkylation sites (tertiary alicyclic amines) is 1.